The Morgan fingerprint density at radius 1 is 1.35 bits per heavy atom. The van der Waals surface area contributed by atoms with Crippen molar-refractivity contribution < 1.29 is 9.72 Å². The van der Waals surface area contributed by atoms with Crippen molar-refractivity contribution >= 4 is 39.5 Å². The number of anilines is 2. The zero-order valence-corrected chi connectivity index (χ0v) is 14.7. The summed E-state index contributed by atoms with van der Waals surface area (Å²) in [6, 6.07) is 9.30. The van der Waals surface area contributed by atoms with Crippen LogP contribution in [0.15, 0.2) is 41.9 Å². The number of rotatable bonds is 4. The lowest BCUT2D eigenvalue weighted by atomic mass is 9.97. The van der Waals surface area contributed by atoms with Crippen molar-refractivity contribution in [1.29, 1.82) is 0 Å². The molecule has 1 saturated heterocycles. The summed E-state index contributed by atoms with van der Waals surface area (Å²) < 4.78 is 1.49. The maximum absolute atomic E-state index is 12.6. The molecule has 26 heavy (non-hydrogen) atoms. The predicted octanol–water partition coefficient (Wildman–Crippen LogP) is 3.16. The summed E-state index contributed by atoms with van der Waals surface area (Å²) in [5, 5.41) is 16.2. The third kappa shape index (κ3) is 3.01. The molecule has 3 heterocycles. The van der Waals surface area contributed by atoms with E-state index in [9.17, 15) is 14.9 Å². The lowest BCUT2D eigenvalue weighted by Crippen LogP contribution is -2.41. The van der Waals surface area contributed by atoms with Crippen LogP contribution in [0, 0.1) is 16.0 Å². The largest absolute Gasteiger partial charge is 0.373 e. The normalized spacial score (nSPS) is 17.4. The molecule has 1 fully saturated rings. The standard InChI is InChI=1S/C17H17N5O3S/c23-15(18-13-6-2-1-3-7-13)12-5-4-8-20(11-12)14-16(22(24)25)21-9-10-26-17(21)19-14/h1-3,6-7,9-10,12H,4-5,8,11H2,(H,18,23). The molecule has 1 aromatic carbocycles. The number of carbonyl (C=O) groups is 1. The van der Waals surface area contributed by atoms with Crippen molar-refractivity contribution in [3.05, 3.63) is 52.0 Å². The van der Waals surface area contributed by atoms with E-state index in [2.05, 4.69) is 10.3 Å². The highest BCUT2D eigenvalue weighted by molar-refractivity contribution is 7.15. The molecule has 1 unspecified atom stereocenters. The van der Waals surface area contributed by atoms with Gasteiger partial charge in [-0.25, -0.2) is 0 Å². The fourth-order valence-corrected chi connectivity index (χ4v) is 4.00. The van der Waals surface area contributed by atoms with Crippen molar-refractivity contribution in [3.63, 3.8) is 0 Å². The molecule has 1 N–H and O–H groups in total. The molecule has 4 rings (SSSR count). The van der Waals surface area contributed by atoms with Crippen molar-refractivity contribution in [3.8, 4) is 0 Å². The Kier molecular flexibility index (Phi) is 4.29. The number of hydrogen-bond donors (Lipinski definition) is 1. The fraction of sp³-hybridized carbons (Fsp3) is 0.294. The highest BCUT2D eigenvalue weighted by Crippen LogP contribution is 2.33. The first-order chi connectivity index (χ1) is 12.6. The minimum atomic E-state index is -0.407. The maximum Gasteiger partial charge on any atom is 0.373 e. The quantitative estimate of drug-likeness (QED) is 0.562. The van der Waals surface area contributed by atoms with Crippen LogP contribution in [-0.2, 0) is 4.79 Å². The summed E-state index contributed by atoms with van der Waals surface area (Å²) in [5.74, 6) is 0.0114. The summed E-state index contributed by atoms with van der Waals surface area (Å²) in [7, 11) is 0. The first-order valence-electron chi connectivity index (χ1n) is 8.34. The third-order valence-corrected chi connectivity index (χ3v) is 5.28. The molecule has 1 atom stereocenters. The maximum atomic E-state index is 12.6. The molecule has 1 aliphatic rings. The van der Waals surface area contributed by atoms with E-state index in [1.165, 1.54) is 15.7 Å². The Hall–Kier alpha value is -2.94. The molecule has 9 heteroatoms. The average molecular weight is 371 g/mol. The summed E-state index contributed by atoms with van der Waals surface area (Å²) in [6.45, 7) is 1.07. The van der Waals surface area contributed by atoms with Gasteiger partial charge in [0.25, 0.3) is 4.96 Å². The number of piperidine rings is 1. The van der Waals surface area contributed by atoms with Gasteiger partial charge in [-0.2, -0.15) is 9.38 Å². The van der Waals surface area contributed by atoms with Gasteiger partial charge in [0, 0.05) is 24.2 Å². The second-order valence-corrected chi connectivity index (χ2v) is 7.09. The summed E-state index contributed by atoms with van der Waals surface area (Å²) in [4.78, 5) is 30.6. The highest BCUT2D eigenvalue weighted by Gasteiger charge is 2.33. The smallest absolute Gasteiger partial charge is 0.358 e. The van der Waals surface area contributed by atoms with Gasteiger partial charge in [-0.3, -0.25) is 4.79 Å². The molecule has 0 bridgehead atoms. The SMILES string of the molecule is O=C(Nc1ccccc1)C1CCCN(c2nc3sccn3c2[N+](=O)[O-])C1. The zero-order valence-electron chi connectivity index (χ0n) is 13.9. The molecule has 0 radical (unpaired) electrons. The van der Waals surface area contributed by atoms with Crippen LogP contribution in [0.5, 0.6) is 0 Å². The Labute approximate surface area is 153 Å². The number of carbonyl (C=O) groups excluding carboxylic acids is 1. The number of nitro groups is 1. The van der Waals surface area contributed by atoms with Crippen LogP contribution in [0.4, 0.5) is 17.3 Å². The number of imidazole rings is 1. The number of nitrogens with one attached hydrogen (secondary N) is 1. The van der Waals surface area contributed by atoms with E-state index < -0.39 is 4.92 Å². The average Bonchev–Trinajstić information content (AvgIpc) is 3.23. The summed E-state index contributed by atoms with van der Waals surface area (Å²) >= 11 is 1.35. The third-order valence-electron chi connectivity index (χ3n) is 4.53. The van der Waals surface area contributed by atoms with Crippen LogP contribution in [0.2, 0.25) is 0 Å². The lowest BCUT2D eigenvalue weighted by molar-refractivity contribution is -0.389. The molecule has 0 aliphatic carbocycles. The molecule has 134 valence electrons. The molecule has 1 aliphatic heterocycles. The van der Waals surface area contributed by atoms with Gasteiger partial charge in [0.05, 0.1) is 5.92 Å². The number of nitrogens with zero attached hydrogens (tertiary/aromatic N) is 4. The first kappa shape index (κ1) is 16.5. The van der Waals surface area contributed by atoms with Gasteiger partial charge in [-0.05, 0) is 29.9 Å². The van der Waals surface area contributed by atoms with Gasteiger partial charge in [0.15, 0.2) is 0 Å². The topological polar surface area (TPSA) is 92.8 Å². The van der Waals surface area contributed by atoms with Crippen molar-refractivity contribution in [2.24, 2.45) is 5.92 Å². The second kappa shape index (κ2) is 6.75. The lowest BCUT2D eigenvalue weighted by Gasteiger charge is -2.31. The molecular formula is C17H17N5O3S. The number of thiazole rings is 1. The predicted molar refractivity (Wildman–Crippen MR) is 99.7 cm³/mol. The van der Waals surface area contributed by atoms with Crippen molar-refractivity contribution in [2.45, 2.75) is 12.8 Å². The van der Waals surface area contributed by atoms with Crippen LogP contribution in [-0.4, -0.2) is 33.3 Å². The van der Waals surface area contributed by atoms with Crippen LogP contribution in [0.1, 0.15) is 12.8 Å². The van der Waals surface area contributed by atoms with Gasteiger partial charge in [0.2, 0.25) is 11.7 Å². The van der Waals surface area contributed by atoms with Gasteiger partial charge in [-0.15, -0.1) is 0 Å². The Balaban J connectivity index is 1.55. The van der Waals surface area contributed by atoms with Gasteiger partial charge >= 0.3 is 5.82 Å². The van der Waals surface area contributed by atoms with E-state index in [-0.39, 0.29) is 17.6 Å². The Bertz CT molecular complexity index is 952. The fourth-order valence-electron chi connectivity index (χ4n) is 3.29. The van der Waals surface area contributed by atoms with Crippen LogP contribution < -0.4 is 10.2 Å². The Morgan fingerprint density at radius 2 is 2.15 bits per heavy atom. The summed E-state index contributed by atoms with van der Waals surface area (Å²) in [5.41, 5.74) is 0.753. The highest BCUT2D eigenvalue weighted by atomic mass is 32.1. The van der Waals surface area contributed by atoms with Gasteiger partial charge in [0.1, 0.15) is 6.20 Å². The number of amides is 1. The van der Waals surface area contributed by atoms with Crippen LogP contribution in [0.3, 0.4) is 0 Å². The molecular weight excluding hydrogens is 354 g/mol. The number of hydrogen-bond acceptors (Lipinski definition) is 6. The number of para-hydroxylation sites is 1. The van der Waals surface area contributed by atoms with Gasteiger partial charge in [-0.1, -0.05) is 29.5 Å². The van der Waals surface area contributed by atoms with E-state index in [1.54, 1.807) is 11.6 Å². The van der Waals surface area contributed by atoms with E-state index in [0.29, 0.717) is 23.9 Å². The van der Waals surface area contributed by atoms with Gasteiger partial charge < -0.3 is 20.3 Å². The first-order valence-corrected chi connectivity index (χ1v) is 9.22. The summed E-state index contributed by atoms with van der Waals surface area (Å²) in [6.07, 6.45) is 3.19. The Morgan fingerprint density at radius 3 is 2.92 bits per heavy atom. The second-order valence-electron chi connectivity index (χ2n) is 6.21. The van der Waals surface area contributed by atoms with Crippen LogP contribution in [0.25, 0.3) is 4.96 Å². The van der Waals surface area contributed by atoms with Crippen LogP contribution >= 0.6 is 11.3 Å². The number of benzene rings is 1. The zero-order chi connectivity index (χ0) is 18.1. The molecule has 3 aromatic rings. The molecule has 0 spiro atoms. The number of aromatic nitrogens is 2. The van der Waals surface area contributed by atoms with E-state index in [1.807, 2.05) is 35.2 Å². The van der Waals surface area contributed by atoms with E-state index in [4.69, 9.17) is 0 Å². The monoisotopic (exact) mass is 371 g/mol. The van der Waals surface area contributed by atoms with E-state index >= 15 is 0 Å². The van der Waals surface area contributed by atoms with Crippen molar-refractivity contribution in [1.82, 2.24) is 9.38 Å². The minimum Gasteiger partial charge on any atom is -0.358 e. The number of fused-ring (bicyclic) bond motifs is 1. The minimum absolute atomic E-state index is 0.0367. The molecule has 0 saturated carbocycles. The van der Waals surface area contributed by atoms with E-state index in [0.717, 1.165) is 18.5 Å². The molecule has 2 aromatic heterocycles. The molecule has 8 nitrogen and oxygen atoms in total. The molecule has 1 amide bonds. The van der Waals surface area contributed by atoms with Crippen molar-refractivity contribution in [2.75, 3.05) is 23.3 Å².